The summed E-state index contributed by atoms with van der Waals surface area (Å²) in [5.74, 6) is -0.0851. The van der Waals surface area contributed by atoms with E-state index in [-0.39, 0.29) is 5.97 Å². The average molecular weight is 254 g/mol. The van der Waals surface area contributed by atoms with Gasteiger partial charge in [-0.3, -0.25) is 4.79 Å². The zero-order valence-corrected chi connectivity index (χ0v) is 12.2. The fourth-order valence-corrected chi connectivity index (χ4v) is 1.89. The maximum Gasteiger partial charge on any atom is 0.306 e. The third-order valence-electron chi connectivity index (χ3n) is 2.96. The second-order valence-corrected chi connectivity index (χ2v) is 4.73. The molecule has 0 aromatic carbocycles. The maximum absolute atomic E-state index is 11.0. The molecule has 0 spiro atoms. The average Bonchev–Trinajstić information content (AvgIpc) is 2.36. The van der Waals surface area contributed by atoms with Gasteiger partial charge >= 0.3 is 5.97 Å². The highest BCUT2D eigenvalue weighted by molar-refractivity contribution is 5.69. The van der Waals surface area contributed by atoms with E-state index in [1.807, 2.05) is 6.92 Å². The van der Waals surface area contributed by atoms with E-state index in [2.05, 4.69) is 19.1 Å². The number of hydrogen-bond acceptors (Lipinski definition) is 2. The lowest BCUT2D eigenvalue weighted by molar-refractivity contribution is -0.142. The fourth-order valence-electron chi connectivity index (χ4n) is 1.89. The van der Waals surface area contributed by atoms with E-state index in [1.165, 1.54) is 44.9 Å². The van der Waals surface area contributed by atoms with E-state index in [0.717, 1.165) is 12.8 Å². The lowest BCUT2D eigenvalue weighted by Gasteiger charge is -1.99. The van der Waals surface area contributed by atoms with Crippen LogP contribution in [0.15, 0.2) is 12.2 Å². The number of rotatable bonds is 12. The van der Waals surface area contributed by atoms with Gasteiger partial charge in [0, 0.05) is 6.42 Å². The van der Waals surface area contributed by atoms with E-state index < -0.39 is 0 Å². The van der Waals surface area contributed by atoms with Crippen molar-refractivity contribution in [2.75, 3.05) is 6.61 Å². The smallest absolute Gasteiger partial charge is 0.306 e. The van der Waals surface area contributed by atoms with Gasteiger partial charge in [0.15, 0.2) is 0 Å². The monoisotopic (exact) mass is 254 g/mol. The second kappa shape index (κ2) is 14.3. The lowest BCUT2D eigenvalue weighted by Crippen LogP contribution is -2.02. The van der Waals surface area contributed by atoms with E-state index in [0.29, 0.717) is 13.0 Å². The van der Waals surface area contributed by atoms with Crippen molar-refractivity contribution in [2.24, 2.45) is 0 Å². The normalized spacial score (nSPS) is 11.0. The highest BCUT2D eigenvalue weighted by Crippen LogP contribution is 2.08. The van der Waals surface area contributed by atoms with E-state index in [4.69, 9.17) is 4.74 Å². The van der Waals surface area contributed by atoms with Crippen LogP contribution in [-0.4, -0.2) is 12.6 Å². The number of carbonyl (C=O) groups is 1. The third kappa shape index (κ3) is 13.3. The van der Waals surface area contributed by atoms with Crippen LogP contribution in [-0.2, 0) is 9.53 Å². The number of allylic oxidation sites excluding steroid dienone is 2. The van der Waals surface area contributed by atoms with Crippen molar-refractivity contribution < 1.29 is 9.53 Å². The van der Waals surface area contributed by atoms with Crippen LogP contribution in [0.3, 0.4) is 0 Å². The van der Waals surface area contributed by atoms with Crippen molar-refractivity contribution in [1.29, 1.82) is 0 Å². The standard InChI is InChI=1S/C16H30O2/c1-3-5-6-7-8-9-10-11-12-13-14-15-16(17)18-4-2/h12-13H,3-11,14-15H2,1-2H3. The molecule has 0 fully saturated rings. The molecular weight excluding hydrogens is 224 g/mol. The first-order chi connectivity index (χ1) is 8.81. The van der Waals surface area contributed by atoms with Crippen LogP contribution in [0.1, 0.15) is 78.1 Å². The van der Waals surface area contributed by atoms with Gasteiger partial charge in [-0.25, -0.2) is 0 Å². The molecule has 0 radical (unpaired) electrons. The Morgan fingerprint density at radius 3 is 2.17 bits per heavy atom. The van der Waals surface area contributed by atoms with Crippen molar-refractivity contribution in [3.8, 4) is 0 Å². The summed E-state index contributed by atoms with van der Waals surface area (Å²) in [5, 5.41) is 0. The Morgan fingerprint density at radius 1 is 0.889 bits per heavy atom. The summed E-state index contributed by atoms with van der Waals surface area (Å²) in [6, 6.07) is 0. The van der Waals surface area contributed by atoms with Crippen molar-refractivity contribution in [2.45, 2.75) is 78.1 Å². The Kier molecular flexibility index (Phi) is 13.6. The van der Waals surface area contributed by atoms with Crippen LogP contribution in [0.2, 0.25) is 0 Å². The van der Waals surface area contributed by atoms with Gasteiger partial charge in [-0.15, -0.1) is 0 Å². The Morgan fingerprint density at radius 2 is 1.50 bits per heavy atom. The van der Waals surface area contributed by atoms with Crippen LogP contribution >= 0.6 is 0 Å². The summed E-state index contributed by atoms with van der Waals surface area (Å²) in [7, 11) is 0. The van der Waals surface area contributed by atoms with Crippen LogP contribution in [0.5, 0.6) is 0 Å². The zero-order valence-electron chi connectivity index (χ0n) is 12.2. The molecule has 0 amide bonds. The van der Waals surface area contributed by atoms with Gasteiger partial charge in [0.05, 0.1) is 6.61 Å². The minimum atomic E-state index is -0.0851. The third-order valence-corrected chi connectivity index (χ3v) is 2.96. The van der Waals surface area contributed by atoms with Crippen LogP contribution in [0, 0.1) is 0 Å². The maximum atomic E-state index is 11.0. The molecule has 0 bridgehead atoms. The number of carbonyl (C=O) groups excluding carboxylic acids is 1. The summed E-state index contributed by atoms with van der Waals surface area (Å²) < 4.78 is 4.86. The molecule has 0 aliphatic carbocycles. The molecule has 0 atom stereocenters. The summed E-state index contributed by atoms with van der Waals surface area (Å²) in [5.41, 5.74) is 0. The van der Waals surface area contributed by atoms with Gasteiger partial charge < -0.3 is 4.74 Å². The van der Waals surface area contributed by atoms with Gasteiger partial charge in [0.1, 0.15) is 0 Å². The fraction of sp³-hybridized carbons (Fsp3) is 0.812. The topological polar surface area (TPSA) is 26.3 Å². The number of esters is 1. The molecule has 0 saturated heterocycles. The predicted molar refractivity (Wildman–Crippen MR) is 77.6 cm³/mol. The first-order valence-electron chi connectivity index (χ1n) is 7.61. The Labute approximate surface area is 113 Å². The Hall–Kier alpha value is -0.790. The lowest BCUT2D eigenvalue weighted by atomic mass is 10.1. The van der Waals surface area contributed by atoms with Gasteiger partial charge in [0.2, 0.25) is 0 Å². The summed E-state index contributed by atoms with van der Waals surface area (Å²) >= 11 is 0. The molecule has 0 aromatic rings. The predicted octanol–water partition coefficient (Wildman–Crippen LogP) is 5.03. The van der Waals surface area contributed by atoms with Gasteiger partial charge in [-0.2, -0.15) is 0 Å². The van der Waals surface area contributed by atoms with E-state index in [1.54, 1.807) is 0 Å². The largest absolute Gasteiger partial charge is 0.466 e. The van der Waals surface area contributed by atoms with Crippen molar-refractivity contribution in [3.05, 3.63) is 12.2 Å². The number of hydrogen-bond donors (Lipinski definition) is 0. The molecule has 0 N–H and O–H groups in total. The second-order valence-electron chi connectivity index (χ2n) is 4.73. The van der Waals surface area contributed by atoms with E-state index in [9.17, 15) is 4.79 Å². The Bertz CT molecular complexity index is 209. The van der Waals surface area contributed by atoms with Crippen molar-refractivity contribution in [3.63, 3.8) is 0 Å². The molecule has 0 aromatic heterocycles. The van der Waals surface area contributed by atoms with E-state index >= 15 is 0 Å². The molecule has 0 saturated carbocycles. The van der Waals surface area contributed by atoms with Crippen LogP contribution in [0.25, 0.3) is 0 Å². The first kappa shape index (κ1) is 17.2. The molecule has 2 nitrogen and oxygen atoms in total. The Balaban J connectivity index is 3.16. The summed E-state index contributed by atoms with van der Waals surface area (Å²) in [4.78, 5) is 11.0. The SMILES string of the molecule is CCCCCCCCCC=CCCC(=O)OCC. The van der Waals surface area contributed by atoms with Crippen molar-refractivity contribution >= 4 is 5.97 Å². The summed E-state index contributed by atoms with van der Waals surface area (Å²) in [6.07, 6.45) is 16.3. The molecule has 0 aliphatic heterocycles. The number of unbranched alkanes of at least 4 members (excludes halogenated alkanes) is 7. The van der Waals surface area contributed by atoms with Gasteiger partial charge in [-0.05, 0) is 26.2 Å². The van der Waals surface area contributed by atoms with Crippen LogP contribution in [0.4, 0.5) is 0 Å². The van der Waals surface area contributed by atoms with Crippen molar-refractivity contribution in [1.82, 2.24) is 0 Å². The zero-order chi connectivity index (χ0) is 13.5. The molecule has 106 valence electrons. The number of ether oxygens (including phenoxy) is 1. The highest BCUT2D eigenvalue weighted by Gasteiger charge is 1.97. The first-order valence-corrected chi connectivity index (χ1v) is 7.61. The summed E-state index contributed by atoms with van der Waals surface area (Å²) in [6.45, 7) is 4.58. The van der Waals surface area contributed by atoms with Gasteiger partial charge in [-0.1, -0.05) is 57.6 Å². The molecule has 18 heavy (non-hydrogen) atoms. The molecule has 0 rings (SSSR count). The molecule has 0 heterocycles. The highest BCUT2D eigenvalue weighted by atomic mass is 16.5. The van der Waals surface area contributed by atoms with Gasteiger partial charge in [0.25, 0.3) is 0 Å². The minimum Gasteiger partial charge on any atom is -0.466 e. The quantitative estimate of drug-likeness (QED) is 0.277. The minimum absolute atomic E-state index is 0.0851. The molecular formula is C16H30O2. The molecule has 0 unspecified atom stereocenters. The molecule has 0 aliphatic rings. The molecule has 2 heteroatoms. The van der Waals surface area contributed by atoms with Crippen LogP contribution < -0.4 is 0 Å².